The number of amides is 3. The zero-order chi connectivity index (χ0) is 16.2. The Kier molecular flexibility index (Phi) is 4.69. The van der Waals surface area contributed by atoms with Gasteiger partial charge in [-0.2, -0.15) is 0 Å². The van der Waals surface area contributed by atoms with E-state index in [1.54, 1.807) is 4.90 Å². The van der Waals surface area contributed by atoms with Gasteiger partial charge < -0.3 is 20.3 Å². The van der Waals surface area contributed by atoms with Gasteiger partial charge in [-0.25, -0.2) is 4.79 Å². The van der Waals surface area contributed by atoms with E-state index < -0.39 is 0 Å². The third kappa shape index (κ3) is 3.94. The van der Waals surface area contributed by atoms with Crippen LogP contribution in [-0.4, -0.2) is 42.6 Å². The molecule has 0 spiro atoms. The van der Waals surface area contributed by atoms with Gasteiger partial charge in [0.15, 0.2) is 0 Å². The van der Waals surface area contributed by atoms with Gasteiger partial charge in [0.25, 0.3) is 0 Å². The molecule has 1 saturated heterocycles. The highest BCUT2D eigenvalue weighted by molar-refractivity contribution is 5.75. The molecule has 0 saturated carbocycles. The molecular weight excluding hydrogens is 294 g/mol. The molecule has 0 unspecified atom stereocenters. The van der Waals surface area contributed by atoms with Crippen LogP contribution in [0.5, 0.6) is 5.75 Å². The SMILES string of the molecule is CC(=O)N[C@H]1CCN(C(=O)NCc2ccc3c(c2)CCCO3)C1. The topological polar surface area (TPSA) is 70.7 Å². The van der Waals surface area contributed by atoms with E-state index in [9.17, 15) is 9.59 Å². The summed E-state index contributed by atoms with van der Waals surface area (Å²) in [6.45, 7) is 4.04. The second-order valence-corrected chi connectivity index (χ2v) is 6.18. The highest BCUT2D eigenvalue weighted by Gasteiger charge is 2.26. The fourth-order valence-electron chi connectivity index (χ4n) is 3.16. The number of urea groups is 1. The fourth-order valence-corrected chi connectivity index (χ4v) is 3.16. The zero-order valence-corrected chi connectivity index (χ0v) is 13.4. The van der Waals surface area contributed by atoms with E-state index in [1.807, 2.05) is 12.1 Å². The first-order chi connectivity index (χ1) is 11.1. The standard InChI is InChI=1S/C17H23N3O3/c1-12(21)19-15-6-7-20(11-15)17(22)18-10-13-4-5-16-14(9-13)3-2-8-23-16/h4-5,9,15H,2-3,6-8,10-11H2,1H3,(H,18,22)(H,19,21)/t15-/m0/s1. The molecule has 124 valence electrons. The van der Waals surface area contributed by atoms with Crippen molar-refractivity contribution >= 4 is 11.9 Å². The van der Waals surface area contributed by atoms with Gasteiger partial charge in [0.2, 0.25) is 5.91 Å². The van der Waals surface area contributed by atoms with E-state index in [1.165, 1.54) is 12.5 Å². The number of hydrogen-bond donors (Lipinski definition) is 2. The largest absolute Gasteiger partial charge is 0.493 e. The molecule has 0 aromatic heterocycles. The summed E-state index contributed by atoms with van der Waals surface area (Å²) >= 11 is 0. The lowest BCUT2D eigenvalue weighted by Gasteiger charge is -2.19. The maximum atomic E-state index is 12.2. The first kappa shape index (κ1) is 15.6. The summed E-state index contributed by atoms with van der Waals surface area (Å²) in [4.78, 5) is 25.0. The molecule has 1 fully saturated rings. The normalized spacial score (nSPS) is 19.7. The molecule has 1 atom stereocenters. The second kappa shape index (κ2) is 6.89. The molecule has 6 nitrogen and oxygen atoms in total. The van der Waals surface area contributed by atoms with Crippen LogP contribution in [0.3, 0.4) is 0 Å². The number of nitrogens with one attached hydrogen (secondary N) is 2. The monoisotopic (exact) mass is 317 g/mol. The van der Waals surface area contributed by atoms with E-state index in [0.717, 1.165) is 37.2 Å². The van der Waals surface area contributed by atoms with Crippen molar-refractivity contribution in [3.05, 3.63) is 29.3 Å². The Balaban J connectivity index is 1.50. The number of hydrogen-bond acceptors (Lipinski definition) is 3. The summed E-state index contributed by atoms with van der Waals surface area (Å²) in [7, 11) is 0. The Hall–Kier alpha value is -2.24. The molecule has 3 rings (SSSR count). The predicted octanol–water partition coefficient (Wildman–Crippen LogP) is 1.43. The number of rotatable bonds is 3. The maximum absolute atomic E-state index is 12.2. The molecule has 23 heavy (non-hydrogen) atoms. The number of nitrogens with zero attached hydrogens (tertiary/aromatic N) is 1. The van der Waals surface area contributed by atoms with Crippen LogP contribution in [0.1, 0.15) is 30.9 Å². The number of fused-ring (bicyclic) bond motifs is 1. The lowest BCUT2D eigenvalue weighted by atomic mass is 10.0. The molecule has 2 aliphatic heterocycles. The molecule has 0 aliphatic carbocycles. The van der Waals surface area contributed by atoms with E-state index in [0.29, 0.717) is 19.6 Å². The minimum Gasteiger partial charge on any atom is -0.493 e. The average Bonchev–Trinajstić information content (AvgIpc) is 3.00. The van der Waals surface area contributed by atoms with Crippen LogP contribution in [-0.2, 0) is 17.8 Å². The van der Waals surface area contributed by atoms with Crippen LogP contribution < -0.4 is 15.4 Å². The molecule has 0 radical (unpaired) electrons. The van der Waals surface area contributed by atoms with E-state index in [2.05, 4.69) is 16.7 Å². The maximum Gasteiger partial charge on any atom is 0.317 e. The van der Waals surface area contributed by atoms with Crippen molar-refractivity contribution in [3.8, 4) is 5.75 Å². The minimum atomic E-state index is -0.0770. The van der Waals surface area contributed by atoms with Crippen LogP contribution >= 0.6 is 0 Å². The number of carbonyl (C=O) groups is 2. The van der Waals surface area contributed by atoms with Gasteiger partial charge in [0.05, 0.1) is 6.61 Å². The van der Waals surface area contributed by atoms with Gasteiger partial charge in [0.1, 0.15) is 5.75 Å². The van der Waals surface area contributed by atoms with Gasteiger partial charge in [-0.15, -0.1) is 0 Å². The number of aryl methyl sites for hydroxylation is 1. The molecule has 6 heteroatoms. The lowest BCUT2D eigenvalue weighted by molar-refractivity contribution is -0.119. The van der Waals surface area contributed by atoms with Gasteiger partial charge >= 0.3 is 6.03 Å². The van der Waals surface area contributed by atoms with Crippen molar-refractivity contribution in [2.45, 2.75) is 38.8 Å². The number of carbonyl (C=O) groups excluding carboxylic acids is 2. The first-order valence-corrected chi connectivity index (χ1v) is 8.16. The Bertz CT molecular complexity index is 603. The van der Waals surface area contributed by atoms with Crippen LogP contribution in [0.25, 0.3) is 0 Å². The third-order valence-electron chi connectivity index (χ3n) is 4.30. The molecular formula is C17H23N3O3. The summed E-state index contributed by atoms with van der Waals surface area (Å²) in [5, 5.41) is 5.82. The summed E-state index contributed by atoms with van der Waals surface area (Å²) < 4.78 is 5.60. The fraction of sp³-hybridized carbons (Fsp3) is 0.529. The van der Waals surface area contributed by atoms with E-state index >= 15 is 0 Å². The minimum absolute atomic E-state index is 0.0477. The third-order valence-corrected chi connectivity index (χ3v) is 4.30. The average molecular weight is 317 g/mol. The molecule has 2 aliphatic rings. The number of benzene rings is 1. The van der Waals surface area contributed by atoms with Crippen molar-refractivity contribution in [1.82, 2.24) is 15.5 Å². The predicted molar refractivity (Wildman–Crippen MR) is 86.3 cm³/mol. The highest BCUT2D eigenvalue weighted by atomic mass is 16.5. The summed E-state index contributed by atoms with van der Waals surface area (Å²) in [5.41, 5.74) is 2.30. The van der Waals surface area contributed by atoms with Crippen LogP contribution in [0.4, 0.5) is 4.79 Å². The Morgan fingerprint density at radius 3 is 3.09 bits per heavy atom. The zero-order valence-electron chi connectivity index (χ0n) is 13.4. The van der Waals surface area contributed by atoms with Gasteiger partial charge in [0, 0.05) is 32.6 Å². The van der Waals surface area contributed by atoms with Gasteiger partial charge in [-0.3, -0.25) is 4.79 Å². The van der Waals surface area contributed by atoms with Gasteiger partial charge in [-0.1, -0.05) is 12.1 Å². The summed E-state index contributed by atoms with van der Waals surface area (Å²) in [5.74, 6) is 0.914. The van der Waals surface area contributed by atoms with Crippen LogP contribution in [0, 0.1) is 0 Å². The van der Waals surface area contributed by atoms with Crippen LogP contribution in [0.2, 0.25) is 0 Å². The van der Waals surface area contributed by atoms with Crippen molar-refractivity contribution in [3.63, 3.8) is 0 Å². The number of ether oxygens (including phenoxy) is 1. The van der Waals surface area contributed by atoms with E-state index in [4.69, 9.17) is 4.74 Å². The first-order valence-electron chi connectivity index (χ1n) is 8.16. The second-order valence-electron chi connectivity index (χ2n) is 6.18. The molecule has 2 heterocycles. The summed E-state index contributed by atoms with van der Waals surface area (Å²) in [6.07, 6.45) is 2.88. The summed E-state index contributed by atoms with van der Waals surface area (Å²) in [6, 6.07) is 6.08. The lowest BCUT2D eigenvalue weighted by Crippen LogP contribution is -2.41. The van der Waals surface area contributed by atoms with Crippen molar-refractivity contribution in [2.75, 3.05) is 19.7 Å². The molecule has 0 bridgehead atoms. The number of likely N-dealkylation sites (tertiary alicyclic amines) is 1. The Labute approximate surface area is 136 Å². The Morgan fingerprint density at radius 1 is 1.39 bits per heavy atom. The smallest absolute Gasteiger partial charge is 0.317 e. The van der Waals surface area contributed by atoms with E-state index in [-0.39, 0.29) is 18.0 Å². The Morgan fingerprint density at radius 2 is 2.26 bits per heavy atom. The van der Waals surface area contributed by atoms with Crippen molar-refractivity contribution in [2.24, 2.45) is 0 Å². The highest BCUT2D eigenvalue weighted by Crippen LogP contribution is 2.25. The molecule has 3 amide bonds. The molecule has 1 aromatic rings. The molecule has 2 N–H and O–H groups in total. The van der Waals surface area contributed by atoms with Crippen molar-refractivity contribution < 1.29 is 14.3 Å². The van der Waals surface area contributed by atoms with Crippen LogP contribution in [0.15, 0.2) is 18.2 Å². The molecule has 1 aromatic carbocycles. The van der Waals surface area contributed by atoms with Gasteiger partial charge in [-0.05, 0) is 36.5 Å². The quantitative estimate of drug-likeness (QED) is 0.886. The van der Waals surface area contributed by atoms with Crippen molar-refractivity contribution in [1.29, 1.82) is 0 Å².